The first-order valence-corrected chi connectivity index (χ1v) is 11.8. The molecular weight excluding hydrogens is 506 g/mol. The van der Waals surface area contributed by atoms with E-state index in [1.54, 1.807) is 13.8 Å². The van der Waals surface area contributed by atoms with E-state index in [2.05, 4.69) is 15.3 Å². The maximum Gasteiger partial charge on any atom is 0.417 e. The van der Waals surface area contributed by atoms with Gasteiger partial charge in [0.15, 0.2) is 0 Å². The number of pyridine rings is 1. The zero-order valence-corrected chi connectivity index (χ0v) is 20.1. The third-order valence-corrected chi connectivity index (χ3v) is 6.99. The molecule has 1 fully saturated rings. The minimum atomic E-state index is -4.54. The molecule has 1 N–H and O–H groups in total. The average molecular weight is 529 g/mol. The molecule has 1 amide bonds. The van der Waals surface area contributed by atoms with Gasteiger partial charge in [-0.05, 0) is 42.7 Å². The van der Waals surface area contributed by atoms with E-state index >= 15 is 0 Å². The minimum Gasteiger partial charge on any atom is -0.368 e. The first kappa shape index (κ1) is 25.9. The molecule has 192 valence electrons. The molecule has 4 rings (SSSR count). The van der Waals surface area contributed by atoms with E-state index in [4.69, 9.17) is 0 Å². The first-order chi connectivity index (χ1) is 16.8. The van der Waals surface area contributed by atoms with Gasteiger partial charge in [-0.3, -0.25) is 4.79 Å². The summed E-state index contributed by atoms with van der Waals surface area (Å²) in [6.07, 6.45) is -4.31. The summed E-state index contributed by atoms with van der Waals surface area (Å²) >= 11 is 1.19. The van der Waals surface area contributed by atoms with Crippen molar-refractivity contribution >= 4 is 23.1 Å². The molecule has 0 aliphatic carbocycles. The van der Waals surface area contributed by atoms with Gasteiger partial charge in [-0.2, -0.15) is 13.2 Å². The van der Waals surface area contributed by atoms with Gasteiger partial charge < -0.3 is 10.2 Å². The molecule has 36 heavy (non-hydrogen) atoms. The summed E-state index contributed by atoms with van der Waals surface area (Å²) in [5.74, 6) is -4.79. The Morgan fingerprint density at radius 1 is 1.19 bits per heavy atom. The molecule has 1 aliphatic rings. The molecule has 5 nitrogen and oxygen atoms in total. The minimum absolute atomic E-state index is 0.00362. The number of aryl methyl sites for hydroxylation is 1. The number of carbonyl (C=O) groups excluding carboxylic acids is 1. The smallest absolute Gasteiger partial charge is 0.368 e. The number of alkyl halides is 5. The van der Waals surface area contributed by atoms with Crippen LogP contribution in [-0.4, -0.2) is 45.8 Å². The van der Waals surface area contributed by atoms with Crippen LogP contribution in [-0.2, 0) is 6.18 Å². The van der Waals surface area contributed by atoms with E-state index in [0.29, 0.717) is 21.6 Å². The molecule has 0 bridgehead atoms. The Labute approximate surface area is 207 Å². The number of nitrogens with zero attached hydrogens (tertiary/aromatic N) is 3. The first-order valence-electron chi connectivity index (χ1n) is 11.0. The Balaban J connectivity index is 1.60. The lowest BCUT2D eigenvalue weighted by molar-refractivity contribution is -0.137. The molecular formula is C24H22F6N4OS. The number of hydrogen-bond acceptors (Lipinski definition) is 5. The number of halogens is 6. The second-order valence-electron chi connectivity index (χ2n) is 8.77. The van der Waals surface area contributed by atoms with Crippen molar-refractivity contribution in [3.05, 3.63) is 64.7 Å². The maximum absolute atomic E-state index is 14.6. The van der Waals surface area contributed by atoms with Gasteiger partial charge in [0.1, 0.15) is 17.3 Å². The summed E-state index contributed by atoms with van der Waals surface area (Å²) in [7, 11) is 0. The molecule has 1 saturated heterocycles. The van der Waals surface area contributed by atoms with E-state index in [1.165, 1.54) is 35.6 Å². The Hall–Kier alpha value is -3.15. The van der Waals surface area contributed by atoms with Crippen LogP contribution < -0.4 is 5.32 Å². The Bertz CT molecular complexity index is 1230. The zero-order valence-electron chi connectivity index (χ0n) is 19.2. The van der Waals surface area contributed by atoms with Gasteiger partial charge in [0.25, 0.3) is 11.8 Å². The van der Waals surface area contributed by atoms with Crippen molar-refractivity contribution < 1.29 is 31.1 Å². The van der Waals surface area contributed by atoms with Crippen molar-refractivity contribution in [2.24, 2.45) is 5.92 Å². The Morgan fingerprint density at radius 2 is 1.89 bits per heavy atom. The fourth-order valence-electron chi connectivity index (χ4n) is 4.26. The highest BCUT2D eigenvalue weighted by Gasteiger charge is 2.46. The van der Waals surface area contributed by atoms with Crippen molar-refractivity contribution in [1.82, 2.24) is 14.9 Å². The number of likely N-dealkylation sites (tertiary alicyclic amines) is 1. The molecule has 0 spiro atoms. The Morgan fingerprint density at radius 3 is 2.50 bits per heavy atom. The highest BCUT2D eigenvalue weighted by Crippen LogP contribution is 2.38. The largest absolute Gasteiger partial charge is 0.417 e. The van der Waals surface area contributed by atoms with Crippen LogP contribution in [0.2, 0.25) is 0 Å². The quantitative estimate of drug-likeness (QED) is 0.397. The van der Waals surface area contributed by atoms with E-state index in [0.717, 1.165) is 17.0 Å². The highest BCUT2D eigenvalue weighted by atomic mass is 32.1. The molecule has 12 heteroatoms. The summed E-state index contributed by atoms with van der Waals surface area (Å²) in [4.78, 5) is 23.1. The van der Waals surface area contributed by atoms with E-state index in [1.807, 2.05) is 0 Å². The van der Waals surface area contributed by atoms with Crippen LogP contribution >= 0.6 is 11.3 Å². The van der Waals surface area contributed by atoms with E-state index < -0.39 is 54.3 Å². The van der Waals surface area contributed by atoms with Gasteiger partial charge in [-0.1, -0.05) is 19.1 Å². The van der Waals surface area contributed by atoms with Crippen molar-refractivity contribution in [2.45, 2.75) is 38.4 Å². The molecule has 0 saturated carbocycles. The lowest BCUT2D eigenvalue weighted by Gasteiger charge is -2.43. The predicted octanol–water partition coefficient (Wildman–Crippen LogP) is 6.27. The predicted molar refractivity (Wildman–Crippen MR) is 124 cm³/mol. The number of benzene rings is 1. The molecule has 2 aromatic heterocycles. The highest BCUT2D eigenvalue weighted by molar-refractivity contribution is 7.15. The third kappa shape index (κ3) is 5.63. The number of rotatable bonds is 5. The van der Waals surface area contributed by atoms with Gasteiger partial charge in [-0.25, -0.2) is 23.1 Å². The lowest BCUT2D eigenvalue weighted by Crippen LogP contribution is -2.57. The van der Waals surface area contributed by atoms with E-state index in [-0.39, 0.29) is 18.1 Å². The summed E-state index contributed by atoms with van der Waals surface area (Å²) in [5.41, 5.74) is -0.389. The normalized spacial score (nSPS) is 19.8. The number of piperidine rings is 1. The fraction of sp³-hybridized carbons (Fsp3) is 0.375. The van der Waals surface area contributed by atoms with Crippen LogP contribution in [0, 0.1) is 18.7 Å². The number of aromatic nitrogens is 2. The van der Waals surface area contributed by atoms with E-state index in [9.17, 15) is 31.1 Å². The van der Waals surface area contributed by atoms with Gasteiger partial charge in [0.2, 0.25) is 0 Å². The third-order valence-electron chi connectivity index (χ3n) is 5.97. The van der Waals surface area contributed by atoms with Crippen LogP contribution in [0.5, 0.6) is 0 Å². The van der Waals surface area contributed by atoms with Gasteiger partial charge in [0.05, 0.1) is 28.0 Å². The number of nitrogens with one attached hydrogen (secondary N) is 1. The summed E-state index contributed by atoms with van der Waals surface area (Å²) in [6.45, 7) is 2.43. The van der Waals surface area contributed by atoms with Crippen LogP contribution in [0.3, 0.4) is 0 Å². The fourth-order valence-corrected chi connectivity index (χ4v) is 5.18. The maximum atomic E-state index is 14.6. The van der Waals surface area contributed by atoms with Crippen LogP contribution in [0.15, 0.2) is 42.6 Å². The summed E-state index contributed by atoms with van der Waals surface area (Å²) < 4.78 is 80.9. The van der Waals surface area contributed by atoms with Crippen molar-refractivity contribution in [3.8, 4) is 10.4 Å². The topological polar surface area (TPSA) is 58.1 Å². The molecule has 0 radical (unpaired) electrons. The molecule has 1 aromatic carbocycles. The molecule has 1 aliphatic heterocycles. The zero-order chi connectivity index (χ0) is 26.3. The lowest BCUT2D eigenvalue weighted by atomic mass is 9.88. The van der Waals surface area contributed by atoms with Crippen molar-refractivity contribution in [1.29, 1.82) is 0 Å². The second-order valence-corrected chi connectivity index (χ2v) is 9.97. The molecule has 3 heterocycles. The van der Waals surface area contributed by atoms with Crippen molar-refractivity contribution in [3.63, 3.8) is 0 Å². The molecule has 3 aromatic rings. The average Bonchev–Trinajstić information content (AvgIpc) is 3.19. The monoisotopic (exact) mass is 528 g/mol. The summed E-state index contributed by atoms with van der Waals surface area (Å²) in [5, 5.41) is 3.41. The van der Waals surface area contributed by atoms with Crippen LogP contribution in [0.1, 0.15) is 34.4 Å². The number of anilines is 1. The molecule has 1 unspecified atom stereocenters. The van der Waals surface area contributed by atoms with Gasteiger partial charge >= 0.3 is 6.18 Å². The number of amides is 1. The van der Waals surface area contributed by atoms with Crippen LogP contribution in [0.4, 0.5) is 32.2 Å². The number of carbonyl (C=O) groups is 1. The summed E-state index contributed by atoms with van der Waals surface area (Å²) in [6, 6.07) is 6.75. The van der Waals surface area contributed by atoms with Crippen LogP contribution in [0.25, 0.3) is 10.4 Å². The van der Waals surface area contributed by atoms with Gasteiger partial charge in [-0.15, -0.1) is 11.3 Å². The second kappa shape index (κ2) is 9.72. The Kier molecular flexibility index (Phi) is 7.00. The number of hydrogen-bond donors (Lipinski definition) is 1. The number of thiazole rings is 1. The van der Waals surface area contributed by atoms with Gasteiger partial charge in [0, 0.05) is 19.2 Å². The standard InChI is InChI=1S/C24H22F6N4OS/c1-13-9-23(26,27)12-34(18(13)11-32-19-8-5-16(10-31-19)24(28,29)30)22(35)20-21(36-14(2)33-20)15-3-6-17(25)7-4-15/h3-8,10,13,18H,9,11-12H2,1-2H3,(H,31,32)/t13?,18-/m1/s1. The SMILES string of the molecule is Cc1nc(C(=O)N2CC(F)(F)CC(C)[C@H]2CNc2ccc(C(F)(F)F)cn2)c(-c2ccc(F)cc2)s1. The molecule has 2 atom stereocenters. The van der Waals surface area contributed by atoms with Crippen molar-refractivity contribution in [2.75, 3.05) is 18.4 Å².